The van der Waals surface area contributed by atoms with Crippen molar-refractivity contribution >= 4 is 27.5 Å². The van der Waals surface area contributed by atoms with E-state index >= 15 is 0 Å². The van der Waals surface area contributed by atoms with Gasteiger partial charge < -0.3 is 14.8 Å². The van der Waals surface area contributed by atoms with Gasteiger partial charge in [0.2, 0.25) is 15.9 Å². The minimum Gasteiger partial charge on any atom is -0.493 e. The number of carbonyl (C=O) groups excluding carboxylic acids is 1. The summed E-state index contributed by atoms with van der Waals surface area (Å²) >= 11 is 5.94. The Morgan fingerprint density at radius 2 is 1.67 bits per heavy atom. The maximum atomic E-state index is 12.4. The molecule has 182 valence electrons. The Morgan fingerprint density at radius 3 is 2.24 bits per heavy atom. The van der Waals surface area contributed by atoms with E-state index in [0.717, 1.165) is 23.8 Å². The van der Waals surface area contributed by atoms with E-state index in [0.29, 0.717) is 29.5 Å². The summed E-state index contributed by atoms with van der Waals surface area (Å²) in [4.78, 5) is 12.4. The lowest BCUT2D eigenvalue weighted by Crippen LogP contribution is -2.49. The molecule has 1 unspecified atom stereocenters. The first-order valence-electron chi connectivity index (χ1n) is 10.8. The summed E-state index contributed by atoms with van der Waals surface area (Å²) in [5.41, 5.74) is 2.09. The summed E-state index contributed by atoms with van der Waals surface area (Å²) in [6.45, 7) is 5.94. The van der Waals surface area contributed by atoms with Gasteiger partial charge in [-0.05, 0) is 54.7 Å². The molecular weight excluding hydrogens is 464 g/mol. The standard InChI is InChI=1S/C24H33ClN2O5S/c1-16(2)23(27-33(5,29)30)24(28)26-13-12-19-8-11-21(22(15-19)31-4)32-17(3)14-18-6-9-20(25)10-7-18/h6-11,15-17,23,27H,12-14H2,1-5H3,(H,26,28)/t17?,23-/m0/s1. The van der Waals surface area contributed by atoms with Gasteiger partial charge in [0.05, 0.1) is 13.4 Å². The van der Waals surface area contributed by atoms with E-state index in [4.69, 9.17) is 21.1 Å². The molecule has 0 spiro atoms. The fourth-order valence-electron chi connectivity index (χ4n) is 3.34. The smallest absolute Gasteiger partial charge is 0.238 e. The van der Waals surface area contributed by atoms with Gasteiger partial charge in [0.15, 0.2) is 11.5 Å². The van der Waals surface area contributed by atoms with Crippen molar-refractivity contribution in [2.75, 3.05) is 19.9 Å². The van der Waals surface area contributed by atoms with Crippen LogP contribution in [0.15, 0.2) is 42.5 Å². The van der Waals surface area contributed by atoms with E-state index in [-0.39, 0.29) is 17.9 Å². The van der Waals surface area contributed by atoms with E-state index in [2.05, 4.69) is 10.0 Å². The van der Waals surface area contributed by atoms with Crippen molar-refractivity contribution in [2.45, 2.75) is 45.8 Å². The van der Waals surface area contributed by atoms with Crippen molar-refractivity contribution in [3.8, 4) is 11.5 Å². The van der Waals surface area contributed by atoms with Gasteiger partial charge >= 0.3 is 0 Å². The molecule has 7 nitrogen and oxygen atoms in total. The van der Waals surface area contributed by atoms with Crippen molar-refractivity contribution in [3.05, 3.63) is 58.6 Å². The molecule has 0 bridgehead atoms. The monoisotopic (exact) mass is 496 g/mol. The fraction of sp³-hybridized carbons (Fsp3) is 0.458. The lowest BCUT2D eigenvalue weighted by atomic mass is 10.0. The average Bonchev–Trinajstić information content (AvgIpc) is 2.73. The minimum absolute atomic E-state index is 0.0690. The predicted molar refractivity (Wildman–Crippen MR) is 132 cm³/mol. The van der Waals surface area contributed by atoms with Crippen LogP contribution in [0.5, 0.6) is 11.5 Å². The second-order valence-electron chi connectivity index (χ2n) is 8.40. The number of ether oxygens (including phenoxy) is 2. The zero-order valence-corrected chi connectivity index (χ0v) is 21.3. The van der Waals surface area contributed by atoms with Crippen molar-refractivity contribution in [3.63, 3.8) is 0 Å². The normalized spacial score (nSPS) is 13.4. The number of hydrogen-bond acceptors (Lipinski definition) is 5. The van der Waals surface area contributed by atoms with Gasteiger partial charge in [-0.2, -0.15) is 0 Å². The molecule has 33 heavy (non-hydrogen) atoms. The molecule has 2 atom stereocenters. The third-order valence-corrected chi connectivity index (χ3v) is 5.93. The number of methoxy groups -OCH3 is 1. The summed E-state index contributed by atoms with van der Waals surface area (Å²) in [7, 11) is -1.90. The number of hydrogen-bond donors (Lipinski definition) is 2. The molecule has 0 radical (unpaired) electrons. The first-order chi connectivity index (χ1) is 15.5. The van der Waals surface area contributed by atoms with E-state index in [1.165, 1.54) is 0 Å². The SMILES string of the molecule is COc1cc(CCNC(=O)[C@@H](NS(C)(=O)=O)C(C)C)ccc1OC(C)Cc1ccc(Cl)cc1. The van der Waals surface area contributed by atoms with Crippen molar-refractivity contribution in [1.29, 1.82) is 0 Å². The third kappa shape index (κ3) is 9.23. The van der Waals surface area contributed by atoms with Crippen LogP contribution < -0.4 is 19.5 Å². The van der Waals surface area contributed by atoms with Crippen LogP contribution in [0.3, 0.4) is 0 Å². The maximum Gasteiger partial charge on any atom is 0.238 e. The zero-order chi connectivity index (χ0) is 24.6. The summed E-state index contributed by atoms with van der Waals surface area (Å²) < 4.78 is 37.0. The average molecular weight is 497 g/mol. The Bertz CT molecular complexity index is 1030. The van der Waals surface area contributed by atoms with E-state index in [1.54, 1.807) is 21.0 Å². The quantitative estimate of drug-likeness (QED) is 0.468. The molecule has 2 aromatic carbocycles. The highest BCUT2D eigenvalue weighted by Crippen LogP contribution is 2.29. The Kier molecular flexibility index (Phi) is 10.0. The molecule has 0 saturated heterocycles. The van der Waals surface area contributed by atoms with Crippen LogP contribution in [0.25, 0.3) is 0 Å². The topological polar surface area (TPSA) is 93.7 Å². The second kappa shape index (κ2) is 12.3. The van der Waals surface area contributed by atoms with E-state index in [1.807, 2.05) is 49.4 Å². The molecular formula is C24H33ClN2O5S. The second-order valence-corrected chi connectivity index (χ2v) is 10.6. The number of rotatable bonds is 12. The van der Waals surface area contributed by atoms with Crippen LogP contribution in [0.1, 0.15) is 31.9 Å². The van der Waals surface area contributed by atoms with Gasteiger partial charge in [0.25, 0.3) is 0 Å². The predicted octanol–water partition coefficient (Wildman–Crippen LogP) is 3.59. The molecule has 0 fully saturated rings. The molecule has 2 aromatic rings. The fourth-order valence-corrected chi connectivity index (χ4v) is 4.31. The Labute approximate surface area is 201 Å². The van der Waals surface area contributed by atoms with Gasteiger partial charge in [0.1, 0.15) is 12.1 Å². The van der Waals surface area contributed by atoms with E-state index in [9.17, 15) is 13.2 Å². The number of sulfonamides is 1. The first kappa shape index (κ1) is 27.0. The van der Waals surface area contributed by atoms with Gasteiger partial charge in [-0.15, -0.1) is 0 Å². The third-order valence-electron chi connectivity index (χ3n) is 5.00. The summed E-state index contributed by atoms with van der Waals surface area (Å²) in [6, 6.07) is 12.5. The van der Waals surface area contributed by atoms with Gasteiger partial charge in [-0.3, -0.25) is 4.79 Å². The number of halogens is 1. The van der Waals surface area contributed by atoms with Crippen LogP contribution >= 0.6 is 11.6 Å². The molecule has 0 saturated carbocycles. The summed E-state index contributed by atoms with van der Waals surface area (Å²) in [5, 5.41) is 3.50. The molecule has 2 rings (SSSR count). The van der Waals surface area contributed by atoms with Crippen molar-refractivity contribution < 1.29 is 22.7 Å². The van der Waals surface area contributed by atoms with Crippen LogP contribution in [0.2, 0.25) is 5.02 Å². The lowest BCUT2D eigenvalue weighted by Gasteiger charge is -2.20. The molecule has 0 aliphatic rings. The first-order valence-corrected chi connectivity index (χ1v) is 13.1. The molecule has 0 aromatic heterocycles. The number of benzene rings is 2. The van der Waals surface area contributed by atoms with Gasteiger partial charge in [0, 0.05) is 18.0 Å². The van der Waals surface area contributed by atoms with Crippen molar-refractivity contribution in [2.24, 2.45) is 5.92 Å². The molecule has 9 heteroatoms. The van der Waals surface area contributed by atoms with Crippen molar-refractivity contribution in [1.82, 2.24) is 10.0 Å². The highest BCUT2D eigenvalue weighted by molar-refractivity contribution is 7.88. The Hall–Kier alpha value is -2.29. The zero-order valence-electron chi connectivity index (χ0n) is 19.7. The van der Waals surface area contributed by atoms with Crippen LogP contribution in [-0.2, 0) is 27.7 Å². The van der Waals surface area contributed by atoms with Crippen LogP contribution in [0.4, 0.5) is 0 Å². The minimum atomic E-state index is -3.48. The maximum absolute atomic E-state index is 12.4. The highest BCUT2D eigenvalue weighted by atomic mass is 35.5. The highest BCUT2D eigenvalue weighted by Gasteiger charge is 2.25. The molecule has 1 amide bonds. The number of nitrogens with one attached hydrogen (secondary N) is 2. The largest absolute Gasteiger partial charge is 0.493 e. The number of carbonyl (C=O) groups is 1. The molecule has 2 N–H and O–H groups in total. The Morgan fingerprint density at radius 1 is 1.03 bits per heavy atom. The van der Waals surface area contributed by atoms with Crippen LogP contribution in [-0.4, -0.2) is 46.4 Å². The van der Waals surface area contributed by atoms with E-state index < -0.39 is 16.1 Å². The summed E-state index contributed by atoms with van der Waals surface area (Å²) in [6.07, 6.45) is 2.27. The Balaban J connectivity index is 1.94. The molecule has 0 aliphatic heterocycles. The van der Waals surface area contributed by atoms with Gasteiger partial charge in [-0.25, -0.2) is 13.1 Å². The molecule has 0 aliphatic carbocycles. The summed E-state index contributed by atoms with van der Waals surface area (Å²) in [5.74, 6) is 0.731. The lowest BCUT2D eigenvalue weighted by molar-refractivity contribution is -0.123. The molecule has 0 heterocycles. The van der Waals surface area contributed by atoms with Crippen LogP contribution in [0, 0.1) is 5.92 Å². The van der Waals surface area contributed by atoms with Gasteiger partial charge in [-0.1, -0.05) is 43.6 Å². The number of amides is 1.